The lowest BCUT2D eigenvalue weighted by atomic mass is 9.85. The average Bonchev–Trinajstić information content (AvgIpc) is 2.69. The number of nitrogens with one attached hydrogen (secondary N) is 2. The average molecular weight is 354 g/mol. The van der Waals surface area contributed by atoms with Crippen molar-refractivity contribution < 1.29 is 4.79 Å². The van der Waals surface area contributed by atoms with E-state index in [1.807, 2.05) is 0 Å². The van der Waals surface area contributed by atoms with Crippen molar-refractivity contribution in [1.29, 1.82) is 0 Å². The summed E-state index contributed by atoms with van der Waals surface area (Å²) in [6.45, 7) is 7.08. The molecule has 0 aromatic carbocycles. The van der Waals surface area contributed by atoms with Crippen LogP contribution in [-0.4, -0.2) is 90.2 Å². The van der Waals surface area contributed by atoms with Crippen LogP contribution in [0.25, 0.3) is 0 Å². The van der Waals surface area contributed by atoms with E-state index in [0.717, 1.165) is 58.4 Å². The maximum absolute atomic E-state index is 13.1. The summed E-state index contributed by atoms with van der Waals surface area (Å²) in [6, 6.07) is 0.0695. The van der Waals surface area contributed by atoms with Crippen molar-refractivity contribution >= 4 is 23.2 Å². The molecule has 2 N–H and O–H groups in total. The molecule has 0 radical (unpaired) electrons. The Kier molecular flexibility index (Phi) is 5.32. The Morgan fingerprint density at radius 3 is 2.54 bits per heavy atom. The lowest BCUT2D eigenvalue weighted by Crippen LogP contribution is -2.62. The summed E-state index contributed by atoms with van der Waals surface area (Å²) in [5, 5.41) is 6.97. The second-order valence-corrected chi connectivity index (χ2v) is 8.28. The predicted octanol–water partition coefficient (Wildman–Crippen LogP) is 0.240. The molecule has 136 valence electrons. The fourth-order valence-electron chi connectivity index (χ4n) is 4.33. The van der Waals surface area contributed by atoms with Crippen LogP contribution >= 0.6 is 12.2 Å². The fourth-order valence-corrected chi connectivity index (χ4v) is 4.68. The lowest BCUT2D eigenvalue weighted by molar-refractivity contribution is -0.135. The number of amides is 1. The Morgan fingerprint density at radius 2 is 1.88 bits per heavy atom. The Bertz CT molecular complexity index is 491. The maximum Gasteiger partial charge on any atom is 0.245 e. The van der Waals surface area contributed by atoms with Gasteiger partial charge in [0.25, 0.3) is 0 Å². The van der Waals surface area contributed by atoms with E-state index >= 15 is 0 Å². The van der Waals surface area contributed by atoms with Crippen LogP contribution in [0.15, 0.2) is 0 Å². The van der Waals surface area contributed by atoms with Crippen LogP contribution in [0.1, 0.15) is 32.6 Å². The third kappa shape index (κ3) is 3.68. The van der Waals surface area contributed by atoms with Crippen LogP contribution in [0.4, 0.5) is 0 Å². The molecule has 3 aliphatic rings. The van der Waals surface area contributed by atoms with Gasteiger partial charge in [-0.15, -0.1) is 0 Å². The van der Waals surface area contributed by atoms with Crippen LogP contribution in [0.2, 0.25) is 0 Å². The van der Waals surface area contributed by atoms with E-state index in [-0.39, 0.29) is 23.5 Å². The largest absolute Gasteiger partial charge is 0.360 e. The highest BCUT2D eigenvalue weighted by atomic mass is 32.1. The molecule has 7 heteroatoms. The van der Waals surface area contributed by atoms with Crippen molar-refractivity contribution in [2.24, 2.45) is 0 Å². The number of likely N-dealkylation sites (N-methyl/N-ethyl adjacent to an activating group) is 1. The molecule has 0 aromatic heterocycles. The molecule has 1 spiro atoms. The molecule has 6 nitrogen and oxygen atoms in total. The van der Waals surface area contributed by atoms with Gasteiger partial charge in [0.2, 0.25) is 5.91 Å². The number of piperidine rings is 1. The van der Waals surface area contributed by atoms with Gasteiger partial charge in [0.1, 0.15) is 6.04 Å². The number of hydrogen-bond acceptors (Lipinski definition) is 4. The minimum absolute atomic E-state index is 0.137. The zero-order chi connectivity index (χ0) is 17.3. The summed E-state index contributed by atoms with van der Waals surface area (Å²) in [5.41, 5.74) is 0.137. The van der Waals surface area contributed by atoms with Crippen LogP contribution in [0.5, 0.6) is 0 Å². The van der Waals surface area contributed by atoms with Gasteiger partial charge in [0.05, 0.1) is 0 Å². The molecule has 3 fully saturated rings. The van der Waals surface area contributed by atoms with Crippen LogP contribution in [0, 0.1) is 0 Å². The smallest absolute Gasteiger partial charge is 0.245 e. The third-order valence-electron chi connectivity index (χ3n) is 6.02. The number of carbonyl (C=O) groups excluding carboxylic acids is 1. The first-order valence-corrected chi connectivity index (χ1v) is 9.56. The summed E-state index contributed by atoms with van der Waals surface area (Å²) in [6.07, 6.45) is 4.11. The molecule has 3 aliphatic heterocycles. The zero-order valence-corrected chi connectivity index (χ0v) is 16.0. The van der Waals surface area contributed by atoms with Gasteiger partial charge >= 0.3 is 0 Å². The molecule has 2 atom stereocenters. The number of likely N-dealkylation sites (tertiary alicyclic amines) is 1. The van der Waals surface area contributed by atoms with Crippen LogP contribution in [0.3, 0.4) is 0 Å². The van der Waals surface area contributed by atoms with E-state index in [4.69, 9.17) is 12.2 Å². The number of carbonyl (C=O) groups is 1. The van der Waals surface area contributed by atoms with Gasteiger partial charge < -0.3 is 20.4 Å². The molecule has 0 bridgehead atoms. The molecule has 3 saturated heterocycles. The summed E-state index contributed by atoms with van der Waals surface area (Å²) in [5.74, 6) is 0.222. The van der Waals surface area contributed by atoms with Crippen molar-refractivity contribution in [3.05, 3.63) is 0 Å². The second-order valence-electron chi connectivity index (χ2n) is 7.87. The Morgan fingerprint density at radius 1 is 1.17 bits per heavy atom. The second kappa shape index (κ2) is 7.14. The number of thiocarbonyl (C=S) groups is 1. The number of rotatable bonds is 1. The highest BCUT2D eigenvalue weighted by Crippen LogP contribution is 2.31. The molecule has 0 aliphatic carbocycles. The molecule has 0 unspecified atom stereocenters. The molecule has 3 heterocycles. The summed E-state index contributed by atoms with van der Waals surface area (Å²) < 4.78 is 0. The first kappa shape index (κ1) is 17.9. The monoisotopic (exact) mass is 353 g/mol. The third-order valence-corrected chi connectivity index (χ3v) is 6.25. The summed E-state index contributed by atoms with van der Waals surface area (Å²) >= 11 is 5.25. The maximum atomic E-state index is 13.1. The van der Waals surface area contributed by atoms with Crippen LogP contribution in [-0.2, 0) is 4.79 Å². The molecule has 1 amide bonds. The van der Waals surface area contributed by atoms with Crippen molar-refractivity contribution in [3.63, 3.8) is 0 Å². The van der Waals surface area contributed by atoms with E-state index in [0.29, 0.717) is 5.11 Å². The van der Waals surface area contributed by atoms with Gasteiger partial charge in [-0.05, 0) is 72.0 Å². The lowest BCUT2D eigenvalue weighted by Gasteiger charge is -2.47. The van der Waals surface area contributed by atoms with E-state index in [1.165, 1.54) is 0 Å². The summed E-state index contributed by atoms with van der Waals surface area (Å²) in [4.78, 5) is 20.1. The molecule has 24 heavy (non-hydrogen) atoms. The van der Waals surface area contributed by atoms with Crippen molar-refractivity contribution in [2.75, 3.05) is 46.8 Å². The minimum atomic E-state index is -0.180. The number of nitrogens with zero attached hydrogens (tertiary/aromatic N) is 3. The van der Waals surface area contributed by atoms with Gasteiger partial charge in [0, 0.05) is 31.2 Å². The van der Waals surface area contributed by atoms with E-state index in [9.17, 15) is 4.79 Å². The van der Waals surface area contributed by atoms with E-state index in [2.05, 4.69) is 46.4 Å². The molecular weight excluding hydrogens is 322 g/mol. The number of hydrogen-bond donors (Lipinski definition) is 2. The topological polar surface area (TPSA) is 50.9 Å². The zero-order valence-electron chi connectivity index (χ0n) is 15.2. The van der Waals surface area contributed by atoms with Gasteiger partial charge in [-0.2, -0.15) is 0 Å². The SMILES string of the molecule is C[C@@H]1C[C@@H](C(=O)N2CCCN(C)C3(CCN(C)CC3)C2)NC(=S)N1. The summed E-state index contributed by atoms with van der Waals surface area (Å²) in [7, 11) is 4.42. The Balaban J connectivity index is 1.72. The molecule has 0 aromatic rings. The molecule has 3 rings (SSSR count). The highest BCUT2D eigenvalue weighted by Gasteiger charge is 2.42. The highest BCUT2D eigenvalue weighted by molar-refractivity contribution is 7.80. The van der Waals surface area contributed by atoms with Gasteiger partial charge in [-0.1, -0.05) is 0 Å². The van der Waals surface area contributed by atoms with Crippen molar-refractivity contribution in [2.45, 2.75) is 50.2 Å². The van der Waals surface area contributed by atoms with Gasteiger partial charge in [-0.3, -0.25) is 9.69 Å². The molecule has 0 saturated carbocycles. The van der Waals surface area contributed by atoms with E-state index in [1.54, 1.807) is 0 Å². The first-order chi connectivity index (χ1) is 11.4. The standard InChI is InChI=1S/C17H31N5OS/c1-13-11-14(19-16(24)18-13)15(23)22-8-4-7-21(3)17(12-22)5-9-20(2)10-6-17/h13-14H,4-12H2,1-3H3,(H2,18,19,24)/t13-,14+/m1/s1. The quantitative estimate of drug-likeness (QED) is 0.659. The van der Waals surface area contributed by atoms with E-state index < -0.39 is 0 Å². The van der Waals surface area contributed by atoms with Crippen molar-refractivity contribution in [3.8, 4) is 0 Å². The van der Waals surface area contributed by atoms with Gasteiger partial charge in [0.15, 0.2) is 5.11 Å². The predicted molar refractivity (Wildman–Crippen MR) is 100 cm³/mol. The fraction of sp³-hybridized carbons (Fsp3) is 0.882. The van der Waals surface area contributed by atoms with Gasteiger partial charge in [-0.25, -0.2) is 0 Å². The first-order valence-electron chi connectivity index (χ1n) is 9.15. The van der Waals surface area contributed by atoms with Crippen molar-refractivity contribution in [1.82, 2.24) is 25.3 Å². The normalized spacial score (nSPS) is 32.1. The van der Waals surface area contributed by atoms with Crippen LogP contribution < -0.4 is 10.6 Å². The Hall–Kier alpha value is -0.920. The molecular formula is C17H31N5OS. The Labute approximate surface area is 150 Å². The minimum Gasteiger partial charge on any atom is -0.360 e.